The van der Waals surface area contributed by atoms with E-state index in [1.807, 2.05) is 53.4 Å². The topological polar surface area (TPSA) is 30.2 Å². The molecule has 0 bridgehead atoms. The van der Waals surface area contributed by atoms with Crippen LogP contribution in [-0.4, -0.2) is 12.6 Å². The van der Waals surface area contributed by atoms with Crippen molar-refractivity contribution in [1.82, 2.24) is 0 Å². The zero-order valence-corrected chi connectivity index (χ0v) is 11.4. The van der Waals surface area contributed by atoms with Crippen molar-refractivity contribution in [2.75, 3.05) is 6.61 Å². The fourth-order valence-electron chi connectivity index (χ4n) is 1.48. The number of carbonyl (C=O) groups is 1. The molecule has 0 saturated carbocycles. The van der Waals surface area contributed by atoms with Gasteiger partial charge in [-0.1, -0.05) is 24.3 Å². The molecule has 4 heteroatoms. The molecule has 0 amide bonds. The monoisotopic (exact) mass is 307 g/mol. The van der Waals surface area contributed by atoms with E-state index >= 15 is 0 Å². The third-order valence-corrected chi connectivity index (χ3v) is 2.37. The molecule has 0 fully saturated rings. The summed E-state index contributed by atoms with van der Waals surface area (Å²) >= 11 is 0. The number of ether oxygens (including phenoxy) is 1. The van der Waals surface area contributed by atoms with Gasteiger partial charge >= 0.3 is 5.97 Å². The lowest BCUT2D eigenvalue weighted by Crippen LogP contribution is -3.00. The molecule has 0 N–H and O–H groups in total. The van der Waals surface area contributed by atoms with Crippen LogP contribution in [0.5, 0.6) is 0 Å². The Bertz CT molecular complexity index is 474. The van der Waals surface area contributed by atoms with E-state index in [4.69, 9.17) is 4.74 Å². The lowest BCUT2D eigenvalue weighted by molar-refractivity contribution is -0.697. The SMILES string of the molecule is O=C(OCC[n+]1ccccc1)c1ccccc1.[Br-]. The van der Waals surface area contributed by atoms with Crippen molar-refractivity contribution in [3.63, 3.8) is 0 Å². The number of nitrogens with zero attached hydrogens (tertiary/aromatic N) is 1. The Kier molecular flexibility index (Phi) is 6.08. The van der Waals surface area contributed by atoms with Crippen LogP contribution < -0.4 is 21.5 Å². The molecule has 0 radical (unpaired) electrons. The molecule has 1 aromatic carbocycles. The predicted molar refractivity (Wildman–Crippen MR) is 63.4 cm³/mol. The van der Waals surface area contributed by atoms with Gasteiger partial charge in [0.25, 0.3) is 0 Å². The second-order valence-electron chi connectivity index (χ2n) is 3.62. The van der Waals surface area contributed by atoms with E-state index in [1.165, 1.54) is 0 Å². The van der Waals surface area contributed by atoms with Crippen LogP contribution in [0.25, 0.3) is 0 Å². The Hall–Kier alpha value is -1.68. The molecular weight excluding hydrogens is 294 g/mol. The summed E-state index contributed by atoms with van der Waals surface area (Å²) in [6.45, 7) is 1.04. The Morgan fingerprint density at radius 2 is 1.61 bits per heavy atom. The number of rotatable bonds is 4. The molecule has 2 rings (SSSR count). The van der Waals surface area contributed by atoms with Gasteiger partial charge in [-0.3, -0.25) is 0 Å². The van der Waals surface area contributed by atoms with Gasteiger partial charge < -0.3 is 21.7 Å². The predicted octanol–water partition coefficient (Wildman–Crippen LogP) is -1.16. The van der Waals surface area contributed by atoms with Gasteiger partial charge in [-0.25, -0.2) is 9.36 Å². The van der Waals surface area contributed by atoms with Gasteiger partial charge in [-0.05, 0) is 12.1 Å². The van der Waals surface area contributed by atoms with Crippen LogP contribution in [-0.2, 0) is 11.3 Å². The van der Waals surface area contributed by atoms with Crippen LogP contribution in [0.15, 0.2) is 60.9 Å². The molecular formula is C14H14BrNO2. The molecule has 3 nitrogen and oxygen atoms in total. The van der Waals surface area contributed by atoms with Crippen LogP contribution in [0.2, 0.25) is 0 Å². The van der Waals surface area contributed by atoms with Crippen molar-refractivity contribution in [3.8, 4) is 0 Å². The van der Waals surface area contributed by atoms with Gasteiger partial charge in [0, 0.05) is 12.1 Å². The van der Waals surface area contributed by atoms with Crippen molar-refractivity contribution in [1.29, 1.82) is 0 Å². The van der Waals surface area contributed by atoms with Crippen LogP contribution in [0, 0.1) is 0 Å². The van der Waals surface area contributed by atoms with Crippen molar-refractivity contribution < 1.29 is 31.1 Å². The molecule has 18 heavy (non-hydrogen) atoms. The minimum absolute atomic E-state index is 0. The quantitative estimate of drug-likeness (QED) is 0.527. The number of benzene rings is 1. The number of aromatic nitrogens is 1. The molecule has 0 aliphatic heterocycles. The summed E-state index contributed by atoms with van der Waals surface area (Å²) in [5.41, 5.74) is 0.588. The fourth-order valence-corrected chi connectivity index (χ4v) is 1.48. The first-order valence-electron chi connectivity index (χ1n) is 5.52. The summed E-state index contributed by atoms with van der Waals surface area (Å²) in [6, 6.07) is 14.8. The maximum Gasteiger partial charge on any atom is 0.338 e. The largest absolute Gasteiger partial charge is 1.00 e. The second kappa shape index (κ2) is 7.61. The first-order valence-corrected chi connectivity index (χ1v) is 5.52. The van der Waals surface area contributed by atoms with E-state index in [1.54, 1.807) is 12.1 Å². The summed E-state index contributed by atoms with van der Waals surface area (Å²) in [5.74, 6) is -0.276. The molecule has 0 aliphatic rings. The zero-order chi connectivity index (χ0) is 11.9. The third-order valence-electron chi connectivity index (χ3n) is 2.37. The standard InChI is InChI=1S/C14H14NO2.BrH/c16-14(13-7-3-1-4-8-13)17-12-11-15-9-5-2-6-10-15;/h1-10H,11-12H2;1H/q+1;/p-1. The Morgan fingerprint density at radius 1 is 1.00 bits per heavy atom. The van der Waals surface area contributed by atoms with E-state index < -0.39 is 0 Å². The number of pyridine rings is 1. The van der Waals surface area contributed by atoms with Crippen LogP contribution >= 0.6 is 0 Å². The molecule has 0 saturated heterocycles. The molecule has 1 heterocycles. The average molecular weight is 308 g/mol. The Labute approximate surface area is 117 Å². The highest BCUT2D eigenvalue weighted by Gasteiger charge is 2.06. The molecule has 1 aromatic heterocycles. The van der Waals surface area contributed by atoms with E-state index in [9.17, 15) is 4.79 Å². The molecule has 0 unspecified atom stereocenters. The van der Waals surface area contributed by atoms with Gasteiger partial charge in [0.1, 0.15) is 0 Å². The highest BCUT2D eigenvalue weighted by molar-refractivity contribution is 5.89. The summed E-state index contributed by atoms with van der Waals surface area (Å²) in [6.07, 6.45) is 3.88. The van der Waals surface area contributed by atoms with Crippen molar-refractivity contribution in [2.45, 2.75) is 6.54 Å². The Balaban J connectivity index is 0.00000162. The maximum absolute atomic E-state index is 11.6. The van der Waals surface area contributed by atoms with Gasteiger partial charge in [0.05, 0.1) is 5.56 Å². The van der Waals surface area contributed by atoms with E-state index in [0.717, 1.165) is 0 Å². The van der Waals surface area contributed by atoms with Crippen molar-refractivity contribution >= 4 is 5.97 Å². The molecule has 2 aromatic rings. The highest BCUT2D eigenvalue weighted by Crippen LogP contribution is 2.00. The fraction of sp³-hybridized carbons (Fsp3) is 0.143. The normalized spacial score (nSPS) is 9.33. The number of esters is 1. The second-order valence-corrected chi connectivity index (χ2v) is 3.62. The van der Waals surface area contributed by atoms with Crippen molar-refractivity contribution in [3.05, 3.63) is 66.5 Å². The molecule has 0 aliphatic carbocycles. The summed E-state index contributed by atoms with van der Waals surface area (Å²) in [4.78, 5) is 11.6. The Morgan fingerprint density at radius 3 is 2.28 bits per heavy atom. The lowest BCUT2D eigenvalue weighted by Gasteiger charge is -2.02. The molecule has 0 spiro atoms. The smallest absolute Gasteiger partial charge is 0.338 e. The van der Waals surface area contributed by atoms with E-state index in [0.29, 0.717) is 18.7 Å². The van der Waals surface area contributed by atoms with Gasteiger partial charge in [-0.2, -0.15) is 0 Å². The third kappa shape index (κ3) is 4.30. The number of hydrogen-bond donors (Lipinski definition) is 0. The number of carbonyl (C=O) groups excluding carboxylic acids is 1. The van der Waals surface area contributed by atoms with E-state index in [2.05, 4.69) is 0 Å². The highest BCUT2D eigenvalue weighted by atomic mass is 79.9. The van der Waals surface area contributed by atoms with Crippen LogP contribution in [0.3, 0.4) is 0 Å². The van der Waals surface area contributed by atoms with Gasteiger partial charge in [-0.15, -0.1) is 0 Å². The molecule has 0 atom stereocenters. The minimum atomic E-state index is -0.276. The minimum Gasteiger partial charge on any atom is -1.00 e. The first kappa shape index (κ1) is 14.4. The summed E-state index contributed by atoms with van der Waals surface area (Å²) in [7, 11) is 0. The zero-order valence-electron chi connectivity index (χ0n) is 9.83. The van der Waals surface area contributed by atoms with Gasteiger partial charge in [0.15, 0.2) is 25.5 Å². The molecule has 94 valence electrons. The van der Waals surface area contributed by atoms with E-state index in [-0.39, 0.29) is 23.0 Å². The summed E-state index contributed by atoms with van der Waals surface area (Å²) < 4.78 is 7.14. The van der Waals surface area contributed by atoms with Gasteiger partial charge in [0.2, 0.25) is 0 Å². The lowest BCUT2D eigenvalue weighted by atomic mass is 10.2. The average Bonchev–Trinajstić information content (AvgIpc) is 2.41. The number of hydrogen-bond acceptors (Lipinski definition) is 2. The first-order chi connectivity index (χ1) is 8.36. The number of halogens is 1. The summed E-state index contributed by atoms with van der Waals surface area (Å²) in [5, 5.41) is 0. The van der Waals surface area contributed by atoms with Crippen molar-refractivity contribution in [2.24, 2.45) is 0 Å². The van der Waals surface area contributed by atoms with Crippen LogP contribution in [0.1, 0.15) is 10.4 Å². The van der Waals surface area contributed by atoms with Crippen LogP contribution in [0.4, 0.5) is 0 Å². The maximum atomic E-state index is 11.6.